The molecule has 5 nitrogen and oxygen atoms in total. The predicted molar refractivity (Wildman–Crippen MR) is 114 cm³/mol. The number of benzene rings is 2. The number of carbonyl (C=O) groups is 1. The highest BCUT2D eigenvalue weighted by atomic mass is 35.5. The molecule has 8 heteroatoms. The Bertz CT molecular complexity index is 1110. The SMILES string of the molecule is Cc1cc(C)c(-c2csc(NC(=O)CS(=O)(=O)c3ccc(Cl)cc3)n2)c(C)c1. The molecule has 1 aromatic heterocycles. The molecule has 3 aromatic rings. The summed E-state index contributed by atoms with van der Waals surface area (Å²) in [5.74, 6) is -1.29. The molecule has 0 bridgehead atoms. The Labute approximate surface area is 173 Å². The fourth-order valence-electron chi connectivity index (χ4n) is 3.08. The summed E-state index contributed by atoms with van der Waals surface area (Å²) in [5, 5.41) is 5.24. The van der Waals surface area contributed by atoms with Gasteiger partial charge in [-0.2, -0.15) is 0 Å². The Kier molecular flexibility index (Phi) is 5.88. The lowest BCUT2D eigenvalue weighted by Gasteiger charge is -2.08. The van der Waals surface area contributed by atoms with Gasteiger partial charge in [-0.05, 0) is 56.2 Å². The summed E-state index contributed by atoms with van der Waals surface area (Å²) >= 11 is 7.04. The van der Waals surface area contributed by atoms with Gasteiger partial charge in [0.15, 0.2) is 15.0 Å². The molecule has 0 fully saturated rings. The quantitative estimate of drug-likeness (QED) is 0.625. The second-order valence-corrected chi connectivity index (χ2v) is 9.86. The summed E-state index contributed by atoms with van der Waals surface area (Å²) in [6.45, 7) is 6.08. The van der Waals surface area contributed by atoms with Crippen LogP contribution in [-0.2, 0) is 14.6 Å². The number of sulfone groups is 1. The molecule has 2 aromatic carbocycles. The van der Waals surface area contributed by atoms with Gasteiger partial charge in [0.1, 0.15) is 5.75 Å². The topological polar surface area (TPSA) is 76.1 Å². The van der Waals surface area contributed by atoms with Crippen LogP contribution in [0.4, 0.5) is 5.13 Å². The third-order valence-corrected chi connectivity index (χ3v) is 6.82. The van der Waals surface area contributed by atoms with Gasteiger partial charge in [-0.3, -0.25) is 4.79 Å². The lowest BCUT2D eigenvalue weighted by atomic mass is 9.98. The number of anilines is 1. The van der Waals surface area contributed by atoms with Crippen molar-refractivity contribution in [3.63, 3.8) is 0 Å². The molecule has 0 aliphatic rings. The average Bonchev–Trinajstić information content (AvgIpc) is 3.01. The average molecular weight is 435 g/mol. The van der Waals surface area contributed by atoms with Crippen LogP contribution in [0.15, 0.2) is 46.7 Å². The highest BCUT2D eigenvalue weighted by molar-refractivity contribution is 7.92. The monoisotopic (exact) mass is 434 g/mol. The van der Waals surface area contributed by atoms with Crippen molar-refractivity contribution in [3.8, 4) is 11.3 Å². The van der Waals surface area contributed by atoms with Crippen LogP contribution in [0, 0.1) is 20.8 Å². The number of amides is 1. The number of nitrogens with one attached hydrogen (secondary N) is 1. The Balaban J connectivity index is 1.75. The summed E-state index contributed by atoms with van der Waals surface area (Å²) in [7, 11) is -3.75. The maximum atomic E-state index is 12.4. The molecule has 0 saturated heterocycles. The van der Waals surface area contributed by atoms with Gasteiger partial charge >= 0.3 is 0 Å². The highest BCUT2D eigenvalue weighted by Crippen LogP contribution is 2.31. The van der Waals surface area contributed by atoms with Crippen molar-refractivity contribution in [2.24, 2.45) is 0 Å². The maximum Gasteiger partial charge on any atom is 0.241 e. The van der Waals surface area contributed by atoms with Crippen LogP contribution in [0.25, 0.3) is 11.3 Å². The van der Waals surface area contributed by atoms with Gasteiger partial charge in [0, 0.05) is 16.0 Å². The van der Waals surface area contributed by atoms with Crippen molar-refractivity contribution in [3.05, 3.63) is 63.5 Å². The number of aromatic nitrogens is 1. The van der Waals surface area contributed by atoms with E-state index in [1.807, 2.05) is 26.2 Å². The molecule has 0 aliphatic heterocycles. The first-order valence-corrected chi connectivity index (χ1v) is 11.4. The zero-order chi connectivity index (χ0) is 20.5. The van der Waals surface area contributed by atoms with Crippen LogP contribution in [0.2, 0.25) is 5.02 Å². The standard InChI is InChI=1S/C20H19ClN2O3S2/c1-12-8-13(2)19(14(3)9-12)17-10-27-20(22-17)23-18(24)11-28(25,26)16-6-4-15(21)5-7-16/h4-10H,11H2,1-3H3,(H,22,23,24). The number of rotatable bonds is 5. The second kappa shape index (κ2) is 8.03. The van der Waals surface area contributed by atoms with E-state index in [1.54, 1.807) is 0 Å². The molecule has 146 valence electrons. The molecule has 0 radical (unpaired) electrons. The third-order valence-electron chi connectivity index (χ3n) is 4.18. The number of hydrogen-bond donors (Lipinski definition) is 1. The van der Waals surface area contributed by atoms with Gasteiger partial charge in [-0.15, -0.1) is 11.3 Å². The van der Waals surface area contributed by atoms with Crippen LogP contribution >= 0.6 is 22.9 Å². The minimum Gasteiger partial charge on any atom is -0.301 e. The van der Waals surface area contributed by atoms with E-state index in [1.165, 1.54) is 41.2 Å². The zero-order valence-corrected chi connectivity index (χ0v) is 18.0. The van der Waals surface area contributed by atoms with E-state index in [4.69, 9.17) is 11.6 Å². The highest BCUT2D eigenvalue weighted by Gasteiger charge is 2.20. The van der Waals surface area contributed by atoms with Crippen LogP contribution < -0.4 is 5.32 Å². The Morgan fingerprint density at radius 3 is 2.32 bits per heavy atom. The predicted octanol–water partition coefficient (Wildman–Crippen LogP) is 4.80. The molecule has 0 atom stereocenters. The molecule has 1 heterocycles. The molecule has 1 amide bonds. The molecule has 28 heavy (non-hydrogen) atoms. The molecule has 0 saturated carbocycles. The fourth-order valence-corrected chi connectivity index (χ4v) is 5.06. The number of aryl methyl sites for hydroxylation is 3. The van der Waals surface area contributed by atoms with E-state index < -0.39 is 21.5 Å². The summed E-state index contributed by atoms with van der Waals surface area (Å²) in [5.41, 5.74) is 5.17. The summed E-state index contributed by atoms with van der Waals surface area (Å²) in [6.07, 6.45) is 0. The number of halogens is 1. The van der Waals surface area contributed by atoms with Crippen LogP contribution in [0.5, 0.6) is 0 Å². The Hall–Kier alpha value is -2.22. The normalized spacial score (nSPS) is 11.4. The molecule has 0 aliphatic carbocycles. The molecule has 1 N–H and O–H groups in total. The van der Waals surface area contributed by atoms with Crippen molar-refractivity contribution in [1.82, 2.24) is 4.98 Å². The molecule has 3 rings (SSSR count). The van der Waals surface area contributed by atoms with Gasteiger partial charge in [0.25, 0.3) is 0 Å². The first-order valence-electron chi connectivity index (χ1n) is 8.47. The lowest BCUT2D eigenvalue weighted by molar-refractivity contribution is -0.113. The van der Waals surface area contributed by atoms with E-state index in [2.05, 4.69) is 22.4 Å². The number of carbonyl (C=O) groups excluding carboxylic acids is 1. The van der Waals surface area contributed by atoms with E-state index in [0.717, 1.165) is 22.4 Å². The van der Waals surface area contributed by atoms with Crippen LogP contribution in [0.3, 0.4) is 0 Å². The van der Waals surface area contributed by atoms with Gasteiger partial charge in [-0.25, -0.2) is 13.4 Å². The zero-order valence-electron chi connectivity index (χ0n) is 15.6. The van der Waals surface area contributed by atoms with Gasteiger partial charge in [-0.1, -0.05) is 29.3 Å². The van der Waals surface area contributed by atoms with Crippen LogP contribution in [0.1, 0.15) is 16.7 Å². The minimum absolute atomic E-state index is 0.0535. The lowest BCUT2D eigenvalue weighted by Crippen LogP contribution is -2.22. The Morgan fingerprint density at radius 2 is 1.71 bits per heavy atom. The van der Waals surface area contributed by atoms with Gasteiger partial charge in [0.2, 0.25) is 5.91 Å². The largest absolute Gasteiger partial charge is 0.301 e. The van der Waals surface area contributed by atoms with Crippen molar-refractivity contribution < 1.29 is 13.2 Å². The first kappa shape index (κ1) is 20.5. The van der Waals surface area contributed by atoms with E-state index in [9.17, 15) is 13.2 Å². The van der Waals surface area contributed by atoms with Crippen molar-refractivity contribution >= 4 is 43.8 Å². The second-order valence-electron chi connectivity index (χ2n) is 6.57. The summed E-state index contributed by atoms with van der Waals surface area (Å²) < 4.78 is 24.7. The van der Waals surface area contributed by atoms with E-state index in [-0.39, 0.29) is 4.90 Å². The van der Waals surface area contributed by atoms with Crippen molar-refractivity contribution in [2.45, 2.75) is 25.7 Å². The number of nitrogens with zero attached hydrogens (tertiary/aromatic N) is 1. The third kappa shape index (κ3) is 4.60. The maximum absolute atomic E-state index is 12.4. The minimum atomic E-state index is -3.75. The summed E-state index contributed by atoms with van der Waals surface area (Å²) in [4.78, 5) is 16.8. The molecule has 0 spiro atoms. The van der Waals surface area contributed by atoms with Crippen molar-refractivity contribution in [1.29, 1.82) is 0 Å². The molecular weight excluding hydrogens is 416 g/mol. The number of thiazole rings is 1. The molecular formula is C20H19ClN2O3S2. The van der Waals surface area contributed by atoms with Crippen molar-refractivity contribution in [2.75, 3.05) is 11.1 Å². The smallest absolute Gasteiger partial charge is 0.241 e. The van der Waals surface area contributed by atoms with E-state index in [0.29, 0.717) is 10.2 Å². The number of hydrogen-bond acceptors (Lipinski definition) is 5. The Morgan fingerprint density at radius 1 is 1.11 bits per heavy atom. The van der Waals surface area contributed by atoms with Crippen LogP contribution in [-0.4, -0.2) is 25.1 Å². The first-order chi connectivity index (χ1) is 13.2. The summed E-state index contributed by atoms with van der Waals surface area (Å²) in [6, 6.07) is 9.89. The molecule has 0 unspecified atom stereocenters. The van der Waals surface area contributed by atoms with Gasteiger partial charge in [0.05, 0.1) is 10.6 Å². The van der Waals surface area contributed by atoms with Gasteiger partial charge < -0.3 is 5.32 Å². The fraction of sp³-hybridized carbons (Fsp3) is 0.200. The van der Waals surface area contributed by atoms with E-state index >= 15 is 0 Å².